The summed E-state index contributed by atoms with van der Waals surface area (Å²) in [4.78, 5) is 0. The molecule has 0 unspecified atom stereocenters. The topological polar surface area (TPSA) is 12.5 Å². The van der Waals surface area contributed by atoms with Gasteiger partial charge in [-0.15, -0.1) is 0 Å². The van der Waals surface area contributed by atoms with E-state index >= 15 is 0 Å². The van der Waals surface area contributed by atoms with Crippen molar-refractivity contribution in [2.24, 2.45) is 0 Å². The van der Waals surface area contributed by atoms with Crippen LogP contribution in [0.5, 0.6) is 0 Å². The van der Waals surface area contributed by atoms with Crippen molar-refractivity contribution in [2.45, 2.75) is 71.0 Å². The standard InChI is InChI=1S/C15H24O/c1-12-6-4-7-13(2)9-10-14-15(3,16-14)11-5-8-12/h7-8,14H,4-6,9-11H2,1-3H3/b12-8-,13-7-/t14-,15+/m0/s1. The molecular weight excluding hydrogens is 196 g/mol. The predicted molar refractivity (Wildman–Crippen MR) is 68.5 cm³/mol. The summed E-state index contributed by atoms with van der Waals surface area (Å²) < 4.78 is 5.85. The fourth-order valence-electron chi connectivity index (χ4n) is 2.59. The molecule has 1 saturated heterocycles. The zero-order chi connectivity index (χ0) is 11.6. The summed E-state index contributed by atoms with van der Waals surface area (Å²) in [5.41, 5.74) is 3.26. The van der Waals surface area contributed by atoms with E-state index in [-0.39, 0.29) is 5.60 Å². The maximum atomic E-state index is 5.85. The Morgan fingerprint density at radius 2 is 1.81 bits per heavy atom. The van der Waals surface area contributed by atoms with Gasteiger partial charge in [-0.25, -0.2) is 0 Å². The van der Waals surface area contributed by atoms with Crippen molar-refractivity contribution in [1.82, 2.24) is 0 Å². The molecule has 1 fully saturated rings. The summed E-state index contributed by atoms with van der Waals surface area (Å²) in [5, 5.41) is 0. The van der Waals surface area contributed by atoms with Crippen LogP contribution in [0, 0.1) is 0 Å². The van der Waals surface area contributed by atoms with Crippen molar-refractivity contribution in [3.8, 4) is 0 Å². The Balaban J connectivity index is 1.99. The zero-order valence-corrected chi connectivity index (χ0v) is 10.9. The van der Waals surface area contributed by atoms with E-state index in [0.29, 0.717) is 6.10 Å². The van der Waals surface area contributed by atoms with E-state index in [2.05, 4.69) is 32.9 Å². The second kappa shape index (κ2) is 4.75. The average Bonchev–Trinajstić information content (AvgIpc) is 2.85. The lowest BCUT2D eigenvalue weighted by atomic mass is 9.95. The third kappa shape index (κ3) is 2.98. The summed E-state index contributed by atoms with van der Waals surface area (Å²) in [6, 6.07) is 0. The molecule has 0 radical (unpaired) electrons. The van der Waals surface area contributed by atoms with Crippen molar-refractivity contribution in [2.75, 3.05) is 0 Å². The van der Waals surface area contributed by atoms with Crippen molar-refractivity contribution in [3.05, 3.63) is 23.3 Å². The molecule has 1 aliphatic heterocycles. The predicted octanol–water partition coefficient (Wildman–Crippen LogP) is 4.39. The molecular formula is C15H24O. The van der Waals surface area contributed by atoms with Gasteiger partial charge in [-0.1, -0.05) is 23.3 Å². The summed E-state index contributed by atoms with van der Waals surface area (Å²) >= 11 is 0. The SMILES string of the molecule is C/C1=C/CC[C@@]2(C)O[C@H]2CC/C(C)=C\CC1. The fraction of sp³-hybridized carbons (Fsp3) is 0.733. The molecule has 2 aliphatic rings. The third-order valence-corrected chi connectivity index (χ3v) is 4.00. The van der Waals surface area contributed by atoms with E-state index in [4.69, 9.17) is 4.74 Å². The van der Waals surface area contributed by atoms with Gasteiger partial charge in [0.2, 0.25) is 0 Å². The molecule has 2 rings (SSSR count). The summed E-state index contributed by atoms with van der Waals surface area (Å²) in [6.07, 6.45) is 12.5. The third-order valence-electron chi connectivity index (χ3n) is 4.00. The Hall–Kier alpha value is -0.560. The van der Waals surface area contributed by atoms with E-state index in [1.165, 1.54) is 49.7 Å². The lowest BCUT2D eigenvalue weighted by Crippen LogP contribution is -2.09. The Kier molecular flexibility index (Phi) is 3.53. The number of rotatable bonds is 0. The van der Waals surface area contributed by atoms with Crippen LogP contribution in [0.4, 0.5) is 0 Å². The van der Waals surface area contributed by atoms with E-state index in [1.54, 1.807) is 0 Å². The number of epoxide rings is 1. The van der Waals surface area contributed by atoms with Crippen LogP contribution in [0.15, 0.2) is 23.3 Å². The second-order valence-corrected chi connectivity index (χ2v) is 5.64. The van der Waals surface area contributed by atoms with E-state index < -0.39 is 0 Å². The molecule has 1 nitrogen and oxygen atoms in total. The number of hydrogen-bond acceptors (Lipinski definition) is 1. The fourth-order valence-corrected chi connectivity index (χ4v) is 2.59. The van der Waals surface area contributed by atoms with Crippen molar-refractivity contribution in [1.29, 1.82) is 0 Å². The van der Waals surface area contributed by atoms with Crippen LogP contribution in [0.1, 0.15) is 59.3 Å². The first-order valence-electron chi connectivity index (χ1n) is 6.59. The van der Waals surface area contributed by atoms with Crippen molar-refractivity contribution < 1.29 is 4.74 Å². The van der Waals surface area contributed by atoms with Gasteiger partial charge in [0, 0.05) is 0 Å². The van der Waals surface area contributed by atoms with E-state index in [9.17, 15) is 0 Å². The van der Waals surface area contributed by atoms with Crippen LogP contribution in [-0.4, -0.2) is 11.7 Å². The number of ether oxygens (including phenoxy) is 1. The largest absolute Gasteiger partial charge is 0.366 e. The molecule has 1 heteroatoms. The van der Waals surface area contributed by atoms with E-state index in [0.717, 1.165) is 0 Å². The number of allylic oxidation sites excluding steroid dienone is 4. The number of fused-ring (bicyclic) bond motifs is 1. The lowest BCUT2D eigenvalue weighted by molar-refractivity contribution is 0.295. The molecule has 1 heterocycles. The van der Waals surface area contributed by atoms with Crippen LogP contribution in [0.25, 0.3) is 0 Å². The Morgan fingerprint density at radius 1 is 1.12 bits per heavy atom. The smallest absolute Gasteiger partial charge is 0.0923 e. The van der Waals surface area contributed by atoms with Gasteiger partial charge in [-0.3, -0.25) is 0 Å². The number of hydrogen-bond donors (Lipinski definition) is 0. The quantitative estimate of drug-likeness (QED) is 0.435. The van der Waals surface area contributed by atoms with Gasteiger partial charge in [0.15, 0.2) is 0 Å². The molecule has 1 aliphatic carbocycles. The molecule has 2 atom stereocenters. The van der Waals surface area contributed by atoms with Crippen LogP contribution in [0.3, 0.4) is 0 Å². The average molecular weight is 220 g/mol. The molecule has 16 heavy (non-hydrogen) atoms. The second-order valence-electron chi connectivity index (χ2n) is 5.64. The van der Waals surface area contributed by atoms with Crippen molar-refractivity contribution in [3.63, 3.8) is 0 Å². The first-order valence-corrected chi connectivity index (χ1v) is 6.59. The van der Waals surface area contributed by atoms with Crippen LogP contribution in [0.2, 0.25) is 0 Å². The van der Waals surface area contributed by atoms with Crippen LogP contribution in [-0.2, 0) is 4.74 Å². The summed E-state index contributed by atoms with van der Waals surface area (Å²) in [5.74, 6) is 0. The van der Waals surface area contributed by atoms with Gasteiger partial charge in [-0.05, 0) is 59.3 Å². The maximum absolute atomic E-state index is 5.85. The highest BCUT2D eigenvalue weighted by molar-refractivity contribution is 5.09. The summed E-state index contributed by atoms with van der Waals surface area (Å²) in [6.45, 7) is 6.78. The van der Waals surface area contributed by atoms with Gasteiger partial charge >= 0.3 is 0 Å². The van der Waals surface area contributed by atoms with Crippen molar-refractivity contribution >= 4 is 0 Å². The van der Waals surface area contributed by atoms with Gasteiger partial charge < -0.3 is 4.74 Å². The summed E-state index contributed by atoms with van der Waals surface area (Å²) in [7, 11) is 0. The van der Waals surface area contributed by atoms with Crippen LogP contribution < -0.4 is 0 Å². The molecule has 0 amide bonds. The highest BCUT2D eigenvalue weighted by Gasteiger charge is 2.50. The molecule has 0 N–H and O–H groups in total. The highest BCUT2D eigenvalue weighted by atomic mass is 16.6. The van der Waals surface area contributed by atoms with Gasteiger partial charge in [0.05, 0.1) is 11.7 Å². The minimum absolute atomic E-state index is 0.191. The zero-order valence-electron chi connectivity index (χ0n) is 10.9. The first kappa shape index (κ1) is 11.9. The van der Waals surface area contributed by atoms with E-state index in [1.807, 2.05) is 0 Å². The molecule has 0 spiro atoms. The van der Waals surface area contributed by atoms with Gasteiger partial charge in [0.1, 0.15) is 0 Å². The lowest BCUT2D eigenvalue weighted by Gasteiger charge is -2.07. The first-order chi connectivity index (χ1) is 7.60. The van der Waals surface area contributed by atoms with Gasteiger partial charge in [0.25, 0.3) is 0 Å². The Morgan fingerprint density at radius 3 is 2.62 bits per heavy atom. The minimum atomic E-state index is 0.191. The maximum Gasteiger partial charge on any atom is 0.0923 e. The van der Waals surface area contributed by atoms with Crippen LogP contribution >= 0.6 is 0 Å². The van der Waals surface area contributed by atoms with Gasteiger partial charge in [-0.2, -0.15) is 0 Å². The monoisotopic (exact) mass is 220 g/mol. The Labute approximate surface area is 99.6 Å². The molecule has 0 aromatic carbocycles. The molecule has 0 aromatic heterocycles. The molecule has 0 bridgehead atoms. The Bertz CT molecular complexity index is 313. The minimum Gasteiger partial charge on any atom is -0.366 e. The highest BCUT2D eigenvalue weighted by Crippen LogP contribution is 2.43. The molecule has 90 valence electrons. The molecule has 0 aromatic rings. The molecule has 0 saturated carbocycles. The normalized spacial score (nSPS) is 42.8.